The molecule has 0 spiro atoms. The number of esters is 1. The molecule has 1 amide bonds. The number of carboxylic acids is 1. The van der Waals surface area contributed by atoms with Crippen LogP contribution in [0.15, 0.2) is 30.3 Å². The van der Waals surface area contributed by atoms with Gasteiger partial charge in [-0.1, -0.05) is 30.3 Å². The highest BCUT2D eigenvalue weighted by Gasteiger charge is 2.29. The second-order valence-electron chi connectivity index (χ2n) is 3.65. The van der Waals surface area contributed by atoms with Crippen molar-refractivity contribution in [3.63, 3.8) is 0 Å². The fraction of sp³-hybridized carbons (Fsp3) is 0.250. The van der Waals surface area contributed by atoms with Gasteiger partial charge in [0, 0.05) is 0 Å². The van der Waals surface area contributed by atoms with Crippen LogP contribution in [0.2, 0.25) is 0 Å². The Hall–Kier alpha value is -2.37. The lowest BCUT2D eigenvalue weighted by Gasteiger charge is -2.10. The molecule has 0 radical (unpaired) electrons. The molecule has 0 aliphatic rings. The summed E-state index contributed by atoms with van der Waals surface area (Å²) < 4.78 is 4.82. The molecular formula is C12H13NO5. The summed E-state index contributed by atoms with van der Waals surface area (Å²) in [5.41, 5.74) is 5.60. The Labute approximate surface area is 103 Å². The van der Waals surface area contributed by atoms with E-state index < -0.39 is 30.2 Å². The Bertz CT molecular complexity index is 443. The van der Waals surface area contributed by atoms with Crippen molar-refractivity contribution in [2.45, 2.75) is 13.0 Å². The highest BCUT2D eigenvalue weighted by atomic mass is 16.5. The van der Waals surface area contributed by atoms with Crippen molar-refractivity contribution in [1.29, 1.82) is 0 Å². The highest BCUT2D eigenvalue weighted by Crippen LogP contribution is 2.08. The van der Waals surface area contributed by atoms with Gasteiger partial charge in [-0.2, -0.15) is 0 Å². The van der Waals surface area contributed by atoms with Gasteiger partial charge in [0.1, 0.15) is 6.61 Å². The van der Waals surface area contributed by atoms with Gasteiger partial charge in [-0.3, -0.25) is 14.4 Å². The lowest BCUT2D eigenvalue weighted by Crippen LogP contribution is -2.30. The maximum atomic E-state index is 11.5. The zero-order chi connectivity index (χ0) is 13.5. The second-order valence-corrected chi connectivity index (χ2v) is 3.65. The first-order chi connectivity index (χ1) is 8.50. The zero-order valence-corrected chi connectivity index (χ0v) is 9.54. The average Bonchev–Trinajstić information content (AvgIpc) is 2.34. The van der Waals surface area contributed by atoms with Crippen molar-refractivity contribution < 1.29 is 24.2 Å². The van der Waals surface area contributed by atoms with Crippen LogP contribution in [0.25, 0.3) is 0 Å². The average molecular weight is 251 g/mol. The highest BCUT2D eigenvalue weighted by molar-refractivity contribution is 5.97. The molecule has 6 nitrogen and oxygen atoms in total. The fourth-order valence-corrected chi connectivity index (χ4v) is 1.30. The Morgan fingerprint density at radius 3 is 2.33 bits per heavy atom. The van der Waals surface area contributed by atoms with Crippen LogP contribution >= 0.6 is 0 Å². The number of nitrogens with two attached hydrogens (primary N) is 1. The summed E-state index contributed by atoms with van der Waals surface area (Å²) in [7, 11) is 0. The van der Waals surface area contributed by atoms with Crippen molar-refractivity contribution in [3.8, 4) is 0 Å². The van der Waals surface area contributed by atoms with E-state index >= 15 is 0 Å². The number of rotatable bonds is 6. The maximum absolute atomic E-state index is 11.5. The molecule has 96 valence electrons. The first-order valence-electron chi connectivity index (χ1n) is 5.22. The number of hydrogen-bond donors (Lipinski definition) is 2. The van der Waals surface area contributed by atoms with Crippen molar-refractivity contribution in [2.75, 3.05) is 0 Å². The van der Waals surface area contributed by atoms with Crippen molar-refractivity contribution in [3.05, 3.63) is 35.9 Å². The Balaban J connectivity index is 2.57. The summed E-state index contributed by atoms with van der Waals surface area (Å²) in [6.45, 7) is -0.0395. The Morgan fingerprint density at radius 2 is 1.83 bits per heavy atom. The predicted octanol–water partition coefficient (Wildman–Crippen LogP) is 0.306. The molecule has 0 heterocycles. The molecule has 0 aliphatic heterocycles. The van der Waals surface area contributed by atoms with Crippen LogP contribution in [0.3, 0.4) is 0 Å². The molecule has 6 heteroatoms. The van der Waals surface area contributed by atoms with Crippen molar-refractivity contribution in [1.82, 2.24) is 0 Å². The Morgan fingerprint density at radius 1 is 1.22 bits per heavy atom. The number of aliphatic carboxylic acids is 1. The molecule has 1 unspecified atom stereocenters. The van der Waals surface area contributed by atoms with Gasteiger partial charge in [-0.05, 0) is 5.56 Å². The molecule has 0 aromatic heterocycles. The van der Waals surface area contributed by atoms with Crippen LogP contribution in [0, 0.1) is 5.92 Å². The van der Waals surface area contributed by atoms with Gasteiger partial charge in [-0.15, -0.1) is 0 Å². The third-order valence-corrected chi connectivity index (χ3v) is 2.21. The summed E-state index contributed by atoms with van der Waals surface area (Å²) in [5, 5.41) is 8.78. The quantitative estimate of drug-likeness (QED) is 0.558. The van der Waals surface area contributed by atoms with E-state index in [1.54, 1.807) is 30.3 Å². The molecular weight excluding hydrogens is 238 g/mol. The second kappa shape index (κ2) is 6.39. The first-order valence-corrected chi connectivity index (χ1v) is 5.22. The van der Waals surface area contributed by atoms with Gasteiger partial charge in [0.2, 0.25) is 5.91 Å². The molecule has 0 bridgehead atoms. The monoisotopic (exact) mass is 251 g/mol. The van der Waals surface area contributed by atoms with E-state index in [0.717, 1.165) is 5.56 Å². The molecule has 0 saturated carbocycles. The number of benzene rings is 1. The van der Waals surface area contributed by atoms with Gasteiger partial charge >= 0.3 is 11.9 Å². The molecule has 1 rings (SSSR count). The van der Waals surface area contributed by atoms with Crippen LogP contribution in [-0.4, -0.2) is 23.0 Å². The number of ether oxygens (including phenoxy) is 1. The largest absolute Gasteiger partial charge is 0.481 e. The normalized spacial score (nSPS) is 11.6. The number of primary amides is 1. The summed E-state index contributed by atoms with van der Waals surface area (Å²) in [6.07, 6.45) is -0.567. The molecule has 1 aromatic carbocycles. The zero-order valence-electron chi connectivity index (χ0n) is 9.54. The number of hydrogen-bond acceptors (Lipinski definition) is 4. The maximum Gasteiger partial charge on any atom is 0.321 e. The minimum atomic E-state index is -1.55. The van der Waals surface area contributed by atoms with E-state index in [9.17, 15) is 14.4 Å². The van der Waals surface area contributed by atoms with Crippen LogP contribution in [0.5, 0.6) is 0 Å². The SMILES string of the molecule is NC(=O)CC(C(=O)O)C(=O)OCc1ccccc1. The van der Waals surface area contributed by atoms with Gasteiger partial charge in [0.15, 0.2) is 5.92 Å². The summed E-state index contributed by atoms with van der Waals surface area (Å²) in [6, 6.07) is 8.80. The molecule has 0 saturated heterocycles. The third kappa shape index (κ3) is 4.25. The fourth-order valence-electron chi connectivity index (χ4n) is 1.30. The standard InChI is InChI=1S/C12H13NO5/c13-10(14)6-9(11(15)16)12(17)18-7-8-4-2-1-3-5-8/h1-5,9H,6-7H2,(H2,13,14)(H,15,16). The summed E-state index contributed by atoms with van der Waals surface area (Å²) >= 11 is 0. The molecule has 0 fully saturated rings. The van der Waals surface area contributed by atoms with Crippen molar-refractivity contribution >= 4 is 17.8 Å². The Kier molecular flexibility index (Phi) is 4.86. The molecule has 1 atom stereocenters. The number of amides is 1. The predicted molar refractivity (Wildman–Crippen MR) is 61.2 cm³/mol. The van der Waals surface area contributed by atoms with Gasteiger partial charge in [0.25, 0.3) is 0 Å². The van der Waals surface area contributed by atoms with E-state index in [0.29, 0.717) is 0 Å². The summed E-state index contributed by atoms with van der Waals surface area (Å²) in [4.78, 5) is 32.9. The molecule has 1 aromatic rings. The van der Waals surface area contributed by atoms with E-state index in [2.05, 4.69) is 0 Å². The lowest BCUT2D eigenvalue weighted by atomic mass is 10.1. The lowest BCUT2D eigenvalue weighted by molar-refractivity contribution is -0.161. The third-order valence-electron chi connectivity index (χ3n) is 2.21. The molecule has 3 N–H and O–H groups in total. The number of carbonyl (C=O) groups is 3. The van der Waals surface area contributed by atoms with E-state index in [4.69, 9.17) is 15.6 Å². The number of carboxylic acid groups (broad SMARTS) is 1. The smallest absolute Gasteiger partial charge is 0.321 e. The van der Waals surface area contributed by atoms with E-state index in [1.165, 1.54) is 0 Å². The van der Waals surface area contributed by atoms with E-state index in [-0.39, 0.29) is 6.61 Å². The van der Waals surface area contributed by atoms with Gasteiger partial charge in [-0.25, -0.2) is 0 Å². The van der Waals surface area contributed by atoms with Gasteiger partial charge < -0.3 is 15.6 Å². The first kappa shape index (κ1) is 13.7. The molecule has 18 heavy (non-hydrogen) atoms. The molecule has 0 aliphatic carbocycles. The van der Waals surface area contributed by atoms with Crippen LogP contribution in [0.4, 0.5) is 0 Å². The number of carbonyl (C=O) groups excluding carboxylic acids is 2. The van der Waals surface area contributed by atoms with E-state index in [1.807, 2.05) is 0 Å². The van der Waals surface area contributed by atoms with Crippen LogP contribution < -0.4 is 5.73 Å². The van der Waals surface area contributed by atoms with Crippen molar-refractivity contribution in [2.24, 2.45) is 11.7 Å². The van der Waals surface area contributed by atoms with Crippen LogP contribution in [0.1, 0.15) is 12.0 Å². The minimum Gasteiger partial charge on any atom is -0.481 e. The topological polar surface area (TPSA) is 107 Å². The summed E-state index contributed by atoms with van der Waals surface area (Å²) in [5.74, 6) is -4.80. The van der Waals surface area contributed by atoms with Gasteiger partial charge in [0.05, 0.1) is 6.42 Å². The van der Waals surface area contributed by atoms with Crippen LogP contribution in [-0.2, 0) is 25.7 Å². The minimum absolute atomic E-state index is 0.0395.